The van der Waals surface area contributed by atoms with Crippen molar-refractivity contribution in [1.82, 2.24) is 15.1 Å². The van der Waals surface area contributed by atoms with E-state index in [1.165, 1.54) is 0 Å². The van der Waals surface area contributed by atoms with Gasteiger partial charge in [-0.15, -0.1) is 0 Å². The lowest BCUT2D eigenvalue weighted by molar-refractivity contribution is -0.129. The zero-order chi connectivity index (χ0) is 16.3. The van der Waals surface area contributed by atoms with Gasteiger partial charge in [-0.1, -0.05) is 30.3 Å². The molecule has 1 aromatic heterocycles. The van der Waals surface area contributed by atoms with Crippen LogP contribution in [0.1, 0.15) is 36.0 Å². The van der Waals surface area contributed by atoms with Gasteiger partial charge in [-0.05, 0) is 32.4 Å². The van der Waals surface area contributed by atoms with Gasteiger partial charge >= 0.3 is 0 Å². The molecular formula is C16H20N4O2. The number of carbonyl (C=O) groups is 2. The number of aromatic nitrogens is 2. The van der Waals surface area contributed by atoms with Crippen molar-refractivity contribution < 1.29 is 9.59 Å². The third kappa shape index (κ3) is 3.33. The van der Waals surface area contributed by atoms with Gasteiger partial charge in [-0.3, -0.25) is 14.3 Å². The second kappa shape index (κ2) is 6.43. The highest BCUT2D eigenvalue weighted by Gasteiger charge is 2.24. The molecule has 0 radical (unpaired) electrons. The van der Waals surface area contributed by atoms with Crippen molar-refractivity contribution in [2.75, 3.05) is 0 Å². The molecule has 0 unspecified atom stereocenters. The number of nitrogens with one attached hydrogen (secondary N) is 1. The summed E-state index contributed by atoms with van der Waals surface area (Å²) >= 11 is 0. The van der Waals surface area contributed by atoms with Gasteiger partial charge in [-0.25, -0.2) is 0 Å². The van der Waals surface area contributed by atoms with Crippen LogP contribution in [0.2, 0.25) is 0 Å². The number of hydrogen-bond acceptors (Lipinski definition) is 3. The summed E-state index contributed by atoms with van der Waals surface area (Å²) in [6, 6.07) is 9.44. The third-order valence-electron chi connectivity index (χ3n) is 3.49. The number of nitrogens with two attached hydrogens (primary N) is 1. The Morgan fingerprint density at radius 1 is 1.23 bits per heavy atom. The Morgan fingerprint density at radius 3 is 2.36 bits per heavy atom. The largest absolute Gasteiger partial charge is 0.368 e. The average molecular weight is 300 g/mol. The Kier molecular flexibility index (Phi) is 4.60. The van der Waals surface area contributed by atoms with Crippen molar-refractivity contribution >= 4 is 11.8 Å². The third-order valence-corrected chi connectivity index (χ3v) is 3.49. The van der Waals surface area contributed by atoms with E-state index < -0.39 is 18.0 Å². The van der Waals surface area contributed by atoms with E-state index in [0.29, 0.717) is 5.56 Å². The van der Waals surface area contributed by atoms with Crippen molar-refractivity contribution in [2.45, 2.75) is 32.9 Å². The van der Waals surface area contributed by atoms with Crippen LogP contribution in [0.25, 0.3) is 0 Å². The number of rotatable bonds is 5. The fraction of sp³-hybridized carbons (Fsp3) is 0.312. The molecule has 0 saturated heterocycles. The second-order valence-electron chi connectivity index (χ2n) is 5.30. The molecule has 0 bridgehead atoms. The fourth-order valence-electron chi connectivity index (χ4n) is 2.38. The van der Waals surface area contributed by atoms with E-state index in [4.69, 9.17) is 5.73 Å². The van der Waals surface area contributed by atoms with Gasteiger partial charge in [-0.2, -0.15) is 5.10 Å². The Balaban J connectivity index is 2.18. The molecule has 2 atom stereocenters. The number of nitrogens with zero attached hydrogens (tertiary/aromatic N) is 2. The maximum Gasteiger partial charge on any atom is 0.245 e. The van der Waals surface area contributed by atoms with Crippen LogP contribution in [0, 0.1) is 13.8 Å². The van der Waals surface area contributed by atoms with Crippen molar-refractivity contribution in [3.8, 4) is 0 Å². The fourth-order valence-corrected chi connectivity index (χ4v) is 2.38. The Morgan fingerprint density at radius 2 is 1.86 bits per heavy atom. The molecule has 3 N–H and O–H groups in total. The van der Waals surface area contributed by atoms with Crippen molar-refractivity contribution in [2.24, 2.45) is 5.73 Å². The molecule has 2 amide bonds. The summed E-state index contributed by atoms with van der Waals surface area (Å²) in [5.41, 5.74) is 7.79. The second-order valence-corrected chi connectivity index (χ2v) is 5.30. The molecule has 1 aromatic carbocycles. The molecule has 116 valence electrons. The summed E-state index contributed by atoms with van der Waals surface area (Å²) in [6.45, 7) is 5.48. The summed E-state index contributed by atoms with van der Waals surface area (Å²) in [4.78, 5) is 24.1. The minimum absolute atomic E-state index is 0.307. The maximum atomic E-state index is 12.4. The highest BCUT2D eigenvalue weighted by Crippen LogP contribution is 2.15. The standard InChI is InChI=1S/C16H20N4O2/c1-10-9-11(2)20(19-10)12(3)16(22)18-14(15(17)21)13-7-5-4-6-8-13/h4-9,12,14H,1-3H3,(H2,17,21)(H,18,22)/t12-,14+/m0/s1. The molecule has 0 aliphatic rings. The zero-order valence-corrected chi connectivity index (χ0v) is 12.9. The van der Waals surface area contributed by atoms with E-state index in [2.05, 4.69) is 10.4 Å². The number of hydrogen-bond donors (Lipinski definition) is 2. The topological polar surface area (TPSA) is 90.0 Å². The van der Waals surface area contributed by atoms with E-state index >= 15 is 0 Å². The monoisotopic (exact) mass is 300 g/mol. The van der Waals surface area contributed by atoms with Gasteiger partial charge in [0, 0.05) is 5.69 Å². The number of benzene rings is 1. The molecule has 1 heterocycles. The molecule has 6 nitrogen and oxygen atoms in total. The van der Waals surface area contributed by atoms with Crippen LogP contribution in [0.5, 0.6) is 0 Å². The Bertz CT molecular complexity index is 679. The molecule has 6 heteroatoms. The van der Waals surface area contributed by atoms with Gasteiger partial charge in [0.25, 0.3) is 0 Å². The summed E-state index contributed by atoms with van der Waals surface area (Å²) in [6.07, 6.45) is 0. The Labute approximate surface area is 129 Å². The van der Waals surface area contributed by atoms with Gasteiger partial charge in [0.15, 0.2) is 0 Å². The number of primary amides is 1. The number of aryl methyl sites for hydroxylation is 2. The van der Waals surface area contributed by atoms with Crippen LogP contribution in [-0.2, 0) is 9.59 Å². The zero-order valence-electron chi connectivity index (χ0n) is 12.9. The van der Waals surface area contributed by atoms with Crippen molar-refractivity contribution in [3.05, 3.63) is 53.3 Å². The van der Waals surface area contributed by atoms with Gasteiger partial charge in [0.1, 0.15) is 12.1 Å². The average Bonchev–Trinajstić information content (AvgIpc) is 2.83. The van der Waals surface area contributed by atoms with Crippen LogP contribution >= 0.6 is 0 Å². The number of carbonyl (C=O) groups excluding carboxylic acids is 2. The Hall–Kier alpha value is -2.63. The quantitative estimate of drug-likeness (QED) is 0.874. The van der Waals surface area contributed by atoms with Crippen LogP contribution in [0.4, 0.5) is 0 Å². The first-order valence-corrected chi connectivity index (χ1v) is 7.07. The molecule has 2 aromatic rings. The molecule has 2 rings (SSSR count). The lowest BCUT2D eigenvalue weighted by Crippen LogP contribution is -2.40. The van der Waals surface area contributed by atoms with Crippen LogP contribution in [0.3, 0.4) is 0 Å². The maximum absolute atomic E-state index is 12.4. The summed E-state index contributed by atoms with van der Waals surface area (Å²) in [7, 11) is 0. The first kappa shape index (κ1) is 15.8. The summed E-state index contributed by atoms with van der Waals surface area (Å²) in [5, 5.41) is 6.99. The smallest absolute Gasteiger partial charge is 0.245 e. The minimum Gasteiger partial charge on any atom is -0.368 e. The minimum atomic E-state index is -0.854. The van der Waals surface area contributed by atoms with Crippen LogP contribution in [-0.4, -0.2) is 21.6 Å². The molecule has 0 aliphatic heterocycles. The molecule has 22 heavy (non-hydrogen) atoms. The van der Waals surface area contributed by atoms with Gasteiger partial charge < -0.3 is 11.1 Å². The normalized spacial score (nSPS) is 13.4. The van der Waals surface area contributed by atoms with Crippen LogP contribution in [0.15, 0.2) is 36.4 Å². The van der Waals surface area contributed by atoms with E-state index in [1.807, 2.05) is 26.0 Å². The highest BCUT2D eigenvalue weighted by atomic mass is 16.2. The predicted molar refractivity (Wildman–Crippen MR) is 82.9 cm³/mol. The highest BCUT2D eigenvalue weighted by molar-refractivity contribution is 5.89. The molecule has 0 spiro atoms. The lowest BCUT2D eigenvalue weighted by atomic mass is 10.1. The van der Waals surface area contributed by atoms with Crippen LogP contribution < -0.4 is 11.1 Å². The van der Waals surface area contributed by atoms with E-state index in [9.17, 15) is 9.59 Å². The van der Waals surface area contributed by atoms with Crippen molar-refractivity contribution in [3.63, 3.8) is 0 Å². The van der Waals surface area contributed by atoms with Gasteiger partial charge in [0.2, 0.25) is 11.8 Å². The molecule has 0 aliphatic carbocycles. The summed E-state index contributed by atoms with van der Waals surface area (Å²) < 4.78 is 1.63. The predicted octanol–water partition coefficient (Wildman–Crippen LogP) is 1.40. The number of amides is 2. The molecule has 0 saturated carbocycles. The first-order valence-electron chi connectivity index (χ1n) is 7.07. The molecule has 0 fully saturated rings. The van der Waals surface area contributed by atoms with E-state index in [0.717, 1.165) is 11.4 Å². The lowest BCUT2D eigenvalue weighted by Gasteiger charge is -2.20. The SMILES string of the molecule is Cc1cc(C)n([C@@H](C)C(=O)N[C@@H](C(N)=O)c2ccccc2)n1. The first-order chi connectivity index (χ1) is 10.4. The van der Waals surface area contributed by atoms with Gasteiger partial charge in [0.05, 0.1) is 5.69 Å². The van der Waals surface area contributed by atoms with Crippen molar-refractivity contribution in [1.29, 1.82) is 0 Å². The summed E-state index contributed by atoms with van der Waals surface area (Å²) in [5.74, 6) is -0.904. The van der Waals surface area contributed by atoms with E-state index in [1.54, 1.807) is 35.9 Å². The molecular weight excluding hydrogens is 280 g/mol. The van der Waals surface area contributed by atoms with E-state index in [-0.39, 0.29) is 5.91 Å².